The van der Waals surface area contributed by atoms with Crippen molar-refractivity contribution >= 4 is 5.91 Å². The monoisotopic (exact) mass is 326 g/mol. The van der Waals surface area contributed by atoms with E-state index in [1.165, 1.54) is 0 Å². The standard InChI is InChI=1S/C19H22N2O3/c20-16(13-22)17-18(24-15-9-5-2-6-10-15)19(23)21(17)12-11-14-7-3-1-4-8-14/h1-10,16-18,22H,11-13,20H2/t16-,17-,18+/m0/s1. The average Bonchev–Trinajstić information content (AvgIpc) is 2.64. The Bertz CT molecular complexity index is 663. The highest BCUT2D eigenvalue weighted by Crippen LogP contribution is 2.27. The number of para-hydroxylation sites is 1. The number of ether oxygens (including phenoxy) is 1. The van der Waals surface area contributed by atoms with Crippen LogP contribution in [-0.4, -0.2) is 47.3 Å². The SMILES string of the molecule is N[C@@H](CO)[C@H]1[C@@H](Oc2ccccc2)C(=O)N1CCc1ccccc1. The number of nitrogens with zero attached hydrogens (tertiary/aromatic N) is 1. The summed E-state index contributed by atoms with van der Waals surface area (Å²) in [6.45, 7) is 0.379. The smallest absolute Gasteiger partial charge is 0.266 e. The topological polar surface area (TPSA) is 75.8 Å². The summed E-state index contributed by atoms with van der Waals surface area (Å²) in [4.78, 5) is 14.2. The number of hydrogen-bond donors (Lipinski definition) is 2. The van der Waals surface area contributed by atoms with Gasteiger partial charge in [0.25, 0.3) is 5.91 Å². The Balaban J connectivity index is 1.67. The summed E-state index contributed by atoms with van der Waals surface area (Å²) >= 11 is 0. The minimum Gasteiger partial charge on any atom is -0.478 e. The number of carbonyl (C=O) groups excluding carboxylic acids is 1. The van der Waals surface area contributed by atoms with Gasteiger partial charge in [-0.1, -0.05) is 48.5 Å². The van der Waals surface area contributed by atoms with Gasteiger partial charge in [-0.15, -0.1) is 0 Å². The lowest BCUT2D eigenvalue weighted by Gasteiger charge is -2.48. The van der Waals surface area contributed by atoms with E-state index in [0.717, 1.165) is 12.0 Å². The van der Waals surface area contributed by atoms with Crippen LogP contribution in [0.3, 0.4) is 0 Å². The molecule has 126 valence electrons. The van der Waals surface area contributed by atoms with Crippen molar-refractivity contribution in [1.29, 1.82) is 0 Å². The number of β-lactam (4-membered cyclic amide) rings is 1. The summed E-state index contributed by atoms with van der Waals surface area (Å²) in [5.41, 5.74) is 7.18. The predicted molar refractivity (Wildman–Crippen MR) is 91.6 cm³/mol. The fraction of sp³-hybridized carbons (Fsp3) is 0.316. The van der Waals surface area contributed by atoms with Crippen LogP contribution >= 0.6 is 0 Å². The number of aliphatic hydroxyl groups excluding tert-OH is 1. The Labute approximate surface area is 141 Å². The van der Waals surface area contributed by atoms with Crippen molar-refractivity contribution in [3.63, 3.8) is 0 Å². The van der Waals surface area contributed by atoms with E-state index in [2.05, 4.69) is 0 Å². The van der Waals surface area contributed by atoms with E-state index in [4.69, 9.17) is 10.5 Å². The molecule has 3 atom stereocenters. The lowest BCUT2D eigenvalue weighted by Crippen LogP contribution is -2.73. The quantitative estimate of drug-likeness (QED) is 0.750. The Morgan fingerprint density at radius 2 is 1.71 bits per heavy atom. The van der Waals surface area contributed by atoms with Crippen molar-refractivity contribution in [2.75, 3.05) is 13.2 Å². The van der Waals surface area contributed by atoms with Gasteiger partial charge in [-0.05, 0) is 24.1 Å². The maximum atomic E-state index is 12.5. The Hall–Kier alpha value is -2.37. The van der Waals surface area contributed by atoms with Gasteiger partial charge < -0.3 is 20.5 Å². The molecular formula is C19H22N2O3. The molecule has 2 aromatic carbocycles. The number of likely N-dealkylation sites (tertiary alicyclic amines) is 1. The Kier molecular flexibility index (Phi) is 5.13. The number of hydrogen-bond acceptors (Lipinski definition) is 4. The van der Waals surface area contributed by atoms with Crippen molar-refractivity contribution in [1.82, 2.24) is 4.90 Å². The number of carbonyl (C=O) groups is 1. The van der Waals surface area contributed by atoms with E-state index in [1.54, 1.807) is 17.0 Å². The summed E-state index contributed by atoms with van der Waals surface area (Å²) in [5.74, 6) is 0.553. The van der Waals surface area contributed by atoms with E-state index < -0.39 is 12.1 Å². The molecule has 3 rings (SSSR count). The highest BCUT2D eigenvalue weighted by molar-refractivity contribution is 5.89. The number of benzene rings is 2. The maximum Gasteiger partial charge on any atom is 0.266 e. The molecule has 1 heterocycles. The molecule has 24 heavy (non-hydrogen) atoms. The van der Waals surface area contributed by atoms with Crippen LogP contribution in [0.5, 0.6) is 5.75 Å². The maximum absolute atomic E-state index is 12.5. The molecule has 2 aromatic rings. The minimum atomic E-state index is -0.634. The molecule has 1 saturated heterocycles. The molecule has 0 aliphatic carbocycles. The molecule has 1 aliphatic heterocycles. The van der Waals surface area contributed by atoms with Gasteiger partial charge in [0.2, 0.25) is 0 Å². The second kappa shape index (κ2) is 7.47. The first-order chi connectivity index (χ1) is 11.7. The van der Waals surface area contributed by atoms with E-state index in [0.29, 0.717) is 12.3 Å². The molecule has 1 aliphatic rings. The largest absolute Gasteiger partial charge is 0.478 e. The normalized spacial score (nSPS) is 21.2. The van der Waals surface area contributed by atoms with Gasteiger partial charge in [0, 0.05) is 6.54 Å². The van der Waals surface area contributed by atoms with E-state index >= 15 is 0 Å². The lowest BCUT2D eigenvalue weighted by atomic mass is 9.90. The summed E-state index contributed by atoms with van der Waals surface area (Å²) in [5, 5.41) is 9.42. The first-order valence-electron chi connectivity index (χ1n) is 8.13. The third-order valence-electron chi connectivity index (χ3n) is 4.34. The molecule has 0 aromatic heterocycles. The van der Waals surface area contributed by atoms with Gasteiger partial charge in [-0.3, -0.25) is 4.79 Å². The van der Waals surface area contributed by atoms with Crippen LogP contribution in [0.2, 0.25) is 0 Å². The highest BCUT2D eigenvalue weighted by atomic mass is 16.5. The van der Waals surface area contributed by atoms with E-state index in [1.807, 2.05) is 48.5 Å². The van der Waals surface area contributed by atoms with Crippen molar-refractivity contribution in [2.24, 2.45) is 5.73 Å². The first-order valence-corrected chi connectivity index (χ1v) is 8.13. The van der Waals surface area contributed by atoms with Crippen LogP contribution in [0.15, 0.2) is 60.7 Å². The van der Waals surface area contributed by atoms with Crippen molar-refractivity contribution in [3.8, 4) is 5.75 Å². The predicted octanol–water partition coefficient (Wildman–Crippen LogP) is 1.21. The molecule has 3 N–H and O–H groups in total. The molecule has 0 bridgehead atoms. The zero-order valence-corrected chi connectivity index (χ0v) is 13.4. The molecule has 5 heteroatoms. The van der Waals surface area contributed by atoms with Crippen LogP contribution in [0, 0.1) is 0 Å². The molecule has 1 fully saturated rings. The first kappa shape index (κ1) is 16.5. The highest BCUT2D eigenvalue weighted by Gasteiger charge is 2.51. The molecule has 5 nitrogen and oxygen atoms in total. The molecular weight excluding hydrogens is 304 g/mol. The summed E-state index contributed by atoms with van der Waals surface area (Å²) < 4.78 is 5.80. The van der Waals surface area contributed by atoms with Crippen LogP contribution in [0.1, 0.15) is 5.56 Å². The zero-order valence-electron chi connectivity index (χ0n) is 13.4. The van der Waals surface area contributed by atoms with Gasteiger partial charge in [0.15, 0.2) is 6.10 Å². The van der Waals surface area contributed by atoms with Crippen LogP contribution in [-0.2, 0) is 11.2 Å². The average molecular weight is 326 g/mol. The van der Waals surface area contributed by atoms with Gasteiger partial charge in [0.1, 0.15) is 5.75 Å². The third-order valence-corrected chi connectivity index (χ3v) is 4.34. The molecule has 0 radical (unpaired) electrons. The number of rotatable bonds is 7. The number of nitrogens with two attached hydrogens (primary N) is 1. The fourth-order valence-corrected chi connectivity index (χ4v) is 3.02. The Morgan fingerprint density at radius 3 is 2.33 bits per heavy atom. The molecule has 0 unspecified atom stereocenters. The third kappa shape index (κ3) is 3.42. The lowest BCUT2D eigenvalue weighted by molar-refractivity contribution is -0.165. The van der Waals surface area contributed by atoms with E-state index in [-0.39, 0.29) is 18.6 Å². The second-order valence-corrected chi connectivity index (χ2v) is 5.96. The minimum absolute atomic E-state index is 0.0799. The van der Waals surface area contributed by atoms with Crippen molar-refractivity contribution in [3.05, 3.63) is 66.2 Å². The van der Waals surface area contributed by atoms with Gasteiger partial charge >= 0.3 is 0 Å². The van der Waals surface area contributed by atoms with Gasteiger partial charge in [-0.2, -0.15) is 0 Å². The van der Waals surface area contributed by atoms with Crippen molar-refractivity contribution < 1.29 is 14.6 Å². The van der Waals surface area contributed by atoms with Gasteiger partial charge in [0.05, 0.1) is 18.7 Å². The second-order valence-electron chi connectivity index (χ2n) is 5.96. The summed E-state index contributed by atoms with van der Waals surface area (Å²) in [6.07, 6.45) is 0.115. The van der Waals surface area contributed by atoms with Crippen molar-refractivity contribution in [2.45, 2.75) is 24.6 Å². The number of aliphatic hydroxyl groups is 1. The summed E-state index contributed by atoms with van der Waals surface area (Å²) in [7, 11) is 0. The Morgan fingerprint density at radius 1 is 1.08 bits per heavy atom. The summed E-state index contributed by atoms with van der Waals surface area (Å²) in [6, 6.07) is 18.4. The van der Waals surface area contributed by atoms with Crippen LogP contribution < -0.4 is 10.5 Å². The van der Waals surface area contributed by atoms with E-state index in [9.17, 15) is 9.90 Å². The fourth-order valence-electron chi connectivity index (χ4n) is 3.02. The van der Waals surface area contributed by atoms with Gasteiger partial charge in [-0.25, -0.2) is 0 Å². The molecule has 0 saturated carbocycles. The zero-order chi connectivity index (χ0) is 16.9. The van der Waals surface area contributed by atoms with Crippen LogP contribution in [0.4, 0.5) is 0 Å². The number of amides is 1. The van der Waals surface area contributed by atoms with Crippen LogP contribution in [0.25, 0.3) is 0 Å². The molecule has 0 spiro atoms. The molecule has 1 amide bonds.